The van der Waals surface area contributed by atoms with Gasteiger partial charge < -0.3 is 15.2 Å². The number of rotatable bonds is 6. The van der Waals surface area contributed by atoms with E-state index in [0.717, 1.165) is 17.3 Å². The van der Waals surface area contributed by atoms with E-state index in [2.05, 4.69) is 15.3 Å². The first-order chi connectivity index (χ1) is 7.93. The molecular formula is C12H21N3O2. The van der Waals surface area contributed by atoms with Gasteiger partial charge in [-0.3, -0.25) is 0 Å². The average molecular weight is 239 g/mol. The highest BCUT2D eigenvalue weighted by molar-refractivity contribution is 5.36. The third-order valence-electron chi connectivity index (χ3n) is 2.46. The SMILES string of the molecule is COCCC(C)(O)CNc1cc(C)nc(C)n1. The average Bonchev–Trinajstić information content (AvgIpc) is 2.23. The predicted molar refractivity (Wildman–Crippen MR) is 67.1 cm³/mol. The molecule has 0 spiro atoms. The zero-order valence-electron chi connectivity index (χ0n) is 10.9. The number of aryl methyl sites for hydroxylation is 2. The van der Waals surface area contributed by atoms with E-state index >= 15 is 0 Å². The van der Waals surface area contributed by atoms with Gasteiger partial charge in [-0.15, -0.1) is 0 Å². The number of hydrogen-bond acceptors (Lipinski definition) is 5. The van der Waals surface area contributed by atoms with E-state index < -0.39 is 5.60 Å². The number of nitrogens with zero attached hydrogens (tertiary/aromatic N) is 2. The van der Waals surface area contributed by atoms with Gasteiger partial charge in [-0.2, -0.15) is 0 Å². The van der Waals surface area contributed by atoms with Gasteiger partial charge >= 0.3 is 0 Å². The number of anilines is 1. The normalized spacial score (nSPS) is 14.4. The Morgan fingerprint density at radius 1 is 1.41 bits per heavy atom. The standard InChI is InChI=1S/C12H21N3O2/c1-9-7-11(15-10(2)14-9)13-8-12(3,16)5-6-17-4/h7,16H,5-6,8H2,1-4H3,(H,13,14,15). The van der Waals surface area contributed by atoms with Crippen molar-refractivity contribution in [3.8, 4) is 0 Å². The number of hydrogen-bond donors (Lipinski definition) is 2. The van der Waals surface area contributed by atoms with Crippen LogP contribution in [0.5, 0.6) is 0 Å². The Bertz CT molecular complexity index is 347. The van der Waals surface area contributed by atoms with Crippen LogP contribution in [-0.4, -0.2) is 40.9 Å². The Labute approximate surface area is 102 Å². The van der Waals surface area contributed by atoms with E-state index in [0.29, 0.717) is 19.6 Å². The molecule has 0 aliphatic heterocycles. The zero-order valence-corrected chi connectivity index (χ0v) is 10.9. The number of aliphatic hydroxyl groups is 1. The van der Waals surface area contributed by atoms with Crippen LogP contribution < -0.4 is 5.32 Å². The lowest BCUT2D eigenvalue weighted by molar-refractivity contribution is 0.0357. The zero-order chi connectivity index (χ0) is 12.9. The minimum atomic E-state index is -0.803. The predicted octanol–water partition coefficient (Wildman–Crippen LogP) is 1.29. The molecule has 0 bridgehead atoms. The summed E-state index contributed by atoms with van der Waals surface area (Å²) >= 11 is 0. The smallest absolute Gasteiger partial charge is 0.130 e. The number of aromatic nitrogens is 2. The summed E-state index contributed by atoms with van der Waals surface area (Å²) in [5.41, 5.74) is 0.111. The van der Waals surface area contributed by atoms with Crippen molar-refractivity contribution in [2.75, 3.05) is 25.6 Å². The van der Waals surface area contributed by atoms with Crippen LogP contribution in [0.25, 0.3) is 0 Å². The molecule has 1 aromatic rings. The van der Waals surface area contributed by atoms with Crippen LogP contribution in [0.1, 0.15) is 24.9 Å². The first-order valence-electron chi connectivity index (χ1n) is 5.70. The van der Waals surface area contributed by atoms with E-state index in [1.54, 1.807) is 14.0 Å². The molecule has 0 amide bonds. The summed E-state index contributed by atoms with van der Waals surface area (Å²) in [4.78, 5) is 8.45. The topological polar surface area (TPSA) is 67.3 Å². The summed E-state index contributed by atoms with van der Waals surface area (Å²) in [6.07, 6.45) is 0.583. The van der Waals surface area contributed by atoms with Crippen molar-refractivity contribution in [2.24, 2.45) is 0 Å². The van der Waals surface area contributed by atoms with Crippen molar-refractivity contribution in [1.29, 1.82) is 0 Å². The number of ether oxygens (including phenoxy) is 1. The van der Waals surface area contributed by atoms with Gasteiger partial charge in [0.1, 0.15) is 11.6 Å². The fourth-order valence-corrected chi connectivity index (χ4v) is 1.50. The third-order valence-corrected chi connectivity index (χ3v) is 2.46. The van der Waals surface area contributed by atoms with Crippen LogP contribution in [0.3, 0.4) is 0 Å². The van der Waals surface area contributed by atoms with Crippen molar-refractivity contribution >= 4 is 5.82 Å². The highest BCUT2D eigenvalue weighted by atomic mass is 16.5. The van der Waals surface area contributed by atoms with E-state index in [1.165, 1.54) is 0 Å². The maximum Gasteiger partial charge on any atom is 0.130 e. The highest BCUT2D eigenvalue weighted by Crippen LogP contribution is 2.12. The van der Waals surface area contributed by atoms with Gasteiger partial charge in [-0.1, -0.05) is 0 Å². The second-order valence-electron chi connectivity index (χ2n) is 4.54. The molecule has 17 heavy (non-hydrogen) atoms. The maximum atomic E-state index is 10.1. The van der Waals surface area contributed by atoms with Crippen molar-refractivity contribution in [2.45, 2.75) is 32.8 Å². The van der Waals surface area contributed by atoms with Crippen molar-refractivity contribution in [3.63, 3.8) is 0 Å². The molecule has 5 heteroatoms. The molecule has 0 radical (unpaired) electrons. The lowest BCUT2D eigenvalue weighted by Gasteiger charge is -2.23. The second kappa shape index (κ2) is 5.93. The first kappa shape index (κ1) is 13.9. The van der Waals surface area contributed by atoms with Gasteiger partial charge in [0.25, 0.3) is 0 Å². The molecule has 1 unspecified atom stereocenters. The first-order valence-corrected chi connectivity index (χ1v) is 5.70. The summed E-state index contributed by atoms with van der Waals surface area (Å²) in [5, 5.41) is 13.2. The quantitative estimate of drug-likeness (QED) is 0.783. The lowest BCUT2D eigenvalue weighted by atomic mass is 10.0. The molecule has 0 aliphatic rings. The molecule has 96 valence electrons. The molecule has 1 aromatic heterocycles. The molecule has 1 heterocycles. The third kappa shape index (κ3) is 5.10. The van der Waals surface area contributed by atoms with E-state index in [9.17, 15) is 5.11 Å². The maximum absolute atomic E-state index is 10.1. The molecule has 0 aliphatic carbocycles. The molecule has 2 N–H and O–H groups in total. The van der Waals surface area contributed by atoms with Gasteiger partial charge in [0.05, 0.1) is 5.60 Å². The molecule has 1 atom stereocenters. The van der Waals surface area contributed by atoms with Crippen molar-refractivity contribution < 1.29 is 9.84 Å². The minimum absolute atomic E-state index is 0.437. The Kier molecular flexibility index (Phi) is 4.84. The molecule has 5 nitrogen and oxygen atoms in total. The minimum Gasteiger partial charge on any atom is -0.388 e. The van der Waals surface area contributed by atoms with Crippen LogP contribution in [0, 0.1) is 13.8 Å². The number of nitrogens with one attached hydrogen (secondary N) is 1. The van der Waals surface area contributed by atoms with Crippen molar-refractivity contribution in [1.82, 2.24) is 9.97 Å². The van der Waals surface area contributed by atoms with Crippen LogP contribution in [0.2, 0.25) is 0 Å². The fourth-order valence-electron chi connectivity index (χ4n) is 1.50. The Morgan fingerprint density at radius 2 is 2.12 bits per heavy atom. The van der Waals surface area contributed by atoms with Crippen molar-refractivity contribution in [3.05, 3.63) is 17.6 Å². The highest BCUT2D eigenvalue weighted by Gasteiger charge is 2.19. The lowest BCUT2D eigenvalue weighted by Crippen LogP contribution is -2.34. The Balaban J connectivity index is 2.54. The van der Waals surface area contributed by atoms with Crippen LogP contribution in [0.15, 0.2) is 6.07 Å². The number of methoxy groups -OCH3 is 1. The molecule has 1 rings (SSSR count). The largest absolute Gasteiger partial charge is 0.388 e. The van der Waals surface area contributed by atoms with Crippen LogP contribution in [0.4, 0.5) is 5.82 Å². The summed E-state index contributed by atoms with van der Waals surface area (Å²) in [6.45, 7) is 6.52. The van der Waals surface area contributed by atoms with Gasteiger partial charge in [0.2, 0.25) is 0 Å². The van der Waals surface area contributed by atoms with Crippen LogP contribution in [-0.2, 0) is 4.74 Å². The Hall–Kier alpha value is -1.20. The van der Waals surface area contributed by atoms with Crippen LogP contribution >= 0.6 is 0 Å². The van der Waals surface area contributed by atoms with Gasteiger partial charge in [-0.25, -0.2) is 9.97 Å². The summed E-state index contributed by atoms with van der Waals surface area (Å²) in [5.74, 6) is 1.47. The van der Waals surface area contributed by atoms with Gasteiger partial charge in [0.15, 0.2) is 0 Å². The second-order valence-corrected chi connectivity index (χ2v) is 4.54. The molecular weight excluding hydrogens is 218 g/mol. The summed E-state index contributed by atoms with van der Waals surface area (Å²) < 4.78 is 4.95. The molecule has 0 fully saturated rings. The van der Waals surface area contributed by atoms with Gasteiger partial charge in [-0.05, 0) is 20.8 Å². The van der Waals surface area contributed by atoms with E-state index in [4.69, 9.17) is 4.74 Å². The summed E-state index contributed by atoms with van der Waals surface area (Å²) in [6, 6.07) is 1.86. The molecule has 0 saturated carbocycles. The molecule has 0 aromatic carbocycles. The fraction of sp³-hybridized carbons (Fsp3) is 0.667. The summed E-state index contributed by atoms with van der Waals surface area (Å²) in [7, 11) is 1.63. The monoisotopic (exact) mass is 239 g/mol. The Morgan fingerprint density at radius 3 is 2.71 bits per heavy atom. The van der Waals surface area contributed by atoms with E-state index in [1.807, 2.05) is 19.9 Å². The van der Waals surface area contributed by atoms with E-state index in [-0.39, 0.29) is 0 Å². The molecule has 0 saturated heterocycles. The van der Waals surface area contributed by atoms with Gasteiger partial charge in [0, 0.05) is 38.4 Å².